The second-order valence-corrected chi connectivity index (χ2v) is 7.83. The molecule has 2 heterocycles. The summed E-state index contributed by atoms with van der Waals surface area (Å²) in [5, 5.41) is 7.64. The lowest BCUT2D eigenvalue weighted by Crippen LogP contribution is -2.35. The van der Waals surface area contributed by atoms with Crippen LogP contribution in [0.1, 0.15) is 26.4 Å². The predicted molar refractivity (Wildman–Crippen MR) is 113 cm³/mol. The largest absolute Gasteiger partial charge is 0.333 e. The van der Waals surface area contributed by atoms with Gasteiger partial charge in [0, 0.05) is 24.5 Å². The van der Waals surface area contributed by atoms with E-state index in [4.69, 9.17) is 0 Å². The number of urea groups is 1. The lowest BCUT2D eigenvalue weighted by molar-refractivity contribution is 0.0739. The molecule has 0 saturated carbocycles. The Balaban J connectivity index is 1.44. The molecule has 2 aromatic carbocycles. The van der Waals surface area contributed by atoms with E-state index in [1.165, 1.54) is 16.9 Å². The lowest BCUT2D eigenvalue weighted by atomic mass is 9.99. The Hall–Kier alpha value is -3.12. The van der Waals surface area contributed by atoms with Gasteiger partial charge in [0.2, 0.25) is 0 Å². The van der Waals surface area contributed by atoms with Gasteiger partial charge in [-0.1, -0.05) is 24.3 Å². The number of nitrogens with zero attached hydrogens (tertiary/aromatic N) is 1. The van der Waals surface area contributed by atoms with Crippen LogP contribution in [0.5, 0.6) is 0 Å². The lowest BCUT2D eigenvalue weighted by Gasteiger charge is -2.29. The maximum absolute atomic E-state index is 12.6. The van der Waals surface area contributed by atoms with Crippen LogP contribution in [-0.2, 0) is 13.0 Å². The first-order valence-corrected chi connectivity index (χ1v) is 10.1. The molecule has 0 radical (unpaired) electrons. The number of nitrogens with one attached hydrogen (secondary N) is 2. The third kappa shape index (κ3) is 4.07. The summed E-state index contributed by atoms with van der Waals surface area (Å²) >= 11 is 1.46. The number of aryl methyl sites for hydroxylation is 1. The number of fused-ring (bicyclic) bond motifs is 1. The van der Waals surface area contributed by atoms with Gasteiger partial charge >= 0.3 is 6.03 Å². The maximum Gasteiger partial charge on any atom is 0.323 e. The van der Waals surface area contributed by atoms with Gasteiger partial charge in [0.15, 0.2) is 0 Å². The quantitative estimate of drug-likeness (QED) is 0.667. The van der Waals surface area contributed by atoms with Gasteiger partial charge in [-0.15, -0.1) is 11.3 Å². The van der Waals surface area contributed by atoms with E-state index in [2.05, 4.69) is 10.6 Å². The molecule has 28 heavy (non-hydrogen) atoms. The van der Waals surface area contributed by atoms with Crippen molar-refractivity contribution in [2.75, 3.05) is 17.2 Å². The molecule has 1 aliphatic rings. The van der Waals surface area contributed by atoms with Crippen molar-refractivity contribution < 1.29 is 9.59 Å². The third-order valence-electron chi connectivity index (χ3n) is 4.77. The molecule has 0 atom stereocenters. The van der Waals surface area contributed by atoms with Crippen LogP contribution in [0.3, 0.4) is 0 Å². The van der Waals surface area contributed by atoms with E-state index in [9.17, 15) is 9.59 Å². The van der Waals surface area contributed by atoms with Gasteiger partial charge in [0.25, 0.3) is 5.91 Å². The molecule has 142 valence electrons. The normalized spacial score (nSPS) is 13.0. The zero-order valence-corrected chi connectivity index (χ0v) is 16.4. The smallest absolute Gasteiger partial charge is 0.323 e. The van der Waals surface area contributed by atoms with Crippen molar-refractivity contribution in [2.24, 2.45) is 0 Å². The van der Waals surface area contributed by atoms with Crippen molar-refractivity contribution >= 4 is 34.6 Å². The fourth-order valence-corrected chi connectivity index (χ4v) is 4.07. The molecule has 0 unspecified atom stereocenters. The molecule has 0 fully saturated rings. The molecule has 3 amide bonds. The van der Waals surface area contributed by atoms with Crippen LogP contribution in [0.15, 0.2) is 60.0 Å². The monoisotopic (exact) mass is 391 g/mol. The van der Waals surface area contributed by atoms with Crippen molar-refractivity contribution in [3.63, 3.8) is 0 Å². The van der Waals surface area contributed by atoms with Gasteiger partial charge < -0.3 is 15.5 Å². The summed E-state index contributed by atoms with van der Waals surface area (Å²) in [5.41, 5.74) is 4.85. The van der Waals surface area contributed by atoms with E-state index < -0.39 is 0 Å². The van der Waals surface area contributed by atoms with Crippen molar-refractivity contribution in [1.82, 2.24) is 4.90 Å². The van der Waals surface area contributed by atoms with Crippen LogP contribution >= 0.6 is 11.3 Å². The van der Waals surface area contributed by atoms with Gasteiger partial charge in [0.05, 0.1) is 4.88 Å². The van der Waals surface area contributed by atoms with Crippen molar-refractivity contribution in [2.45, 2.75) is 19.9 Å². The summed E-state index contributed by atoms with van der Waals surface area (Å²) < 4.78 is 0. The number of hydrogen-bond acceptors (Lipinski definition) is 3. The number of amides is 3. The highest BCUT2D eigenvalue weighted by molar-refractivity contribution is 7.12. The van der Waals surface area contributed by atoms with Crippen molar-refractivity contribution in [3.05, 3.63) is 81.5 Å². The molecule has 1 aromatic heterocycles. The number of carbonyl (C=O) groups is 2. The molecule has 4 rings (SSSR count). The summed E-state index contributed by atoms with van der Waals surface area (Å²) in [7, 11) is 0. The molecule has 0 spiro atoms. The number of rotatable bonds is 3. The molecule has 0 bridgehead atoms. The van der Waals surface area contributed by atoms with E-state index in [0.717, 1.165) is 28.1 Å². The van der Waals surface area contributed by atoms with Crippen LogP contribution in [0.4, 0.5) is 16.2 Å². The highest BCUT2D eigenvalue weighted by atomic mass is 32.1. The van der Waals surface area contributed by atoms with E-state index >= 15 is 0 Å². The van der Waals surface area contributed by atoms with Gasteiger partial charge in [0.1, 0.15) is 0 Å². The average Bonchev–Trinajstić information content (AvgIpc) is 3.21. The topological polar surface area (TPSA) is 61.4 Å². The highest BCUT2D eigenvalue weighted by Gasteiger charge is 2.22. The number of hydrogen-bond donors (Lipinski definition) is 2. The molecule has 0 saturated heterocycles. The standard InChI is InChI=1S/C22H21N3O2S/c1-15-4-2-5-18(12-15)23-22(27)24-19-8-7-16-9-10-25(14-17(16)13-19)21(26)20-6-3-11-28-20/h2-8,11-13H,9-10,14H2,1H3,(H2,23,24,27). The van der Waals surface area contributed by atoms with Gasteiger partial charge in [-0.3, -0.25) is 4.79 Å². The molecule has 1 aliphatic heterocycles. The van der Waals surface area contributed by atoms with E-state index in [1.54, 1.807) is 0 Å². The highest BCUT2D eigenvalue weighted by Crippen LogP contribution is 2.25. The first-order valence-electron chi connectivity index (χ1n) is 9.18. The summed E-state index contributed by atoms with van der Waals surface area (Å²) in [6, 6.07) is 17.0. The van der Waals surface area contributed by atoms with Crippen LogP contribution in [-0.4, -0.2) is 23.4 Å². The van der Waals surface area contributed by atoms with Crippen molar-refractivity contribution in [3.8, 4) is 0 Å². The van der Waals surface area contributed by atoms with Crippen molar-refractivity contribution in [1.29, 1.82) is 0 Å². The Morgan fingerprint density at radius 3 is 2.54 bits per heavy atom. The minimum absolute atomic E-state index is 0.0659. The molecule has 0 aliphatic carbocycles. The Morgan fingerprint density at radius 1 is 0.964 bits per heavy atom. The Kier molecular flexibility index (Phi) is 5.12. The summed E-state index contributed by atoms with van der Waals surface area (Å²) in [5.74, 6) is 0.0659. The number of thiophene rings is 1. The number of carbonyl (C=O) groups excluding carboxylic acids is 2. The zero-order chi connectivity index (χ0) is 19.5. The average molecular weight is 391 g/mol. The predicted octanol–water partition coefficient (Wildman–Crippen LogP) is 4.90. The molecule has 2 N–H and O–H groups in total. The second-order valence-electron chi connectivity index (χ2n) is 6.89. The zero-order valence-electron chi connectivity index (χ0n) is 15.6. The van der Waals surface area contributed by atoms with Crippen LogP contribution in [0, 0.1) is 6.92 Å². The Labute approximate surface area is 168 Å². The fourth-order valence-electron chi connectivity index (χ4n) is 3.38. The van der Waals surface area contributed by atoms with E-state index in [1.807, 2.05) is 71.8 Å². The minimum Gasteiger partial charge on any atom is -0.333 e. The summed E-state index contributed by atoms with van der Waals surface area (Å²) in [6.45, 7) is 3.25. The molecule has 5 nitrogen and oxygen atoms in total. The minimum atomic E-state index is -0.284. The molecule has 3 aromatic rings. The maximum atomic E-state index is 12.6. The van der Waals surface area contributed by atoms with Gasteiger partial charge in [-0.05, 0) is 65.7 Å². The fraction of sp³-hybridized carbons (Fsp3) is 0.182. The van der Waals surface area contributed by atoms with Crippen LogP contribution < -0.4 is 10.6 Å². The van der Waals surface area contributed by atoms with Gasteiger partial charge in [-0.25, -0.2) is 4.79 Å². The van der Waals surface area contributed by atoms with E-state index in [0.29, 0.717) is 18.8 Å². The number of benzene rings is 2. The molecule has 6 heteroatoms. The SMILES string of the molecule is Cc1cccc(NC(=O)Nc2ccc3c(c2)CN(C(=O)c2cccs2)CC3)c1. The van der Waals surface area contributed by atoms with E-state index in [-0.39, 0.29) is 11.9 Å². The first kappa shape index (κ1) is 18.3. The molecular formula is C22H21N3O2S. The molecular weight excluding hydrogens is 370 g/mol. The summed E-state index contributed by atoms with van der Waals surface area (Å²) in [6.07, 6.45) is 0.822. The number of anilines is 2. The van der Waals surface area contributed by atoms with Crippen LogP contribution in [0.2, 0.25) is 0 Å². The summed E-state index contributed by atoms with van der Waals surface area (Å²) in [4.78, 5) is 27.5. The Bertz CT molecular complexity index is 1010. The van der Waals surface area contributed by atoms with Gasteiger partial charge in [-0.2, -0.15) is 0 Å². The first-order chi connectivity index (χ1) is 13.6. The third-order valence-corrected chi connectivity index (χ3v) is 5.63. The second kappa shape index (κ2) is 7.86. The Morgan fingerprint density at radius 2 is 1.79 bits per heavy atom. The van der Waals surface area contributed by atoms with Crippen LogP contribution in [0.25, 0.3) is 0 Å².